The molecule has 6 heteroatoms. The van der Waals surface area contributed by atoms with Gasteiger partial charge in [0.2, 0.25) is 0 Å². The number of halogens is 1. The number of benzene rings is 1. The standard InChI is InChI=1S/C16H17FN2O3/c17-13-3-1-12(2-4-13)11-21-14-5-8-19(9-6-14)16(20)15-7-10-22-18-15/h1-4,7,10,14H,5-6,8-9,11H2. The Kier molecular flexibility index (Phi) is 4.48. The lowest BCUT2D eigenvalue weighted by Gasteiger charge is -2.31. The molecular formula is C16H17FN2O3. The van der Waals surface area contributed by atoms with Crippen molar-refractivity contribution in [1.82, 2.24) is 10.1 Å². The Morgan fingerprint density at radius 3 is 2.64 bits per heavy atom. The Labute approximate surface area is 127 Å². The van der Waals surface area contributed by atoms with Gasteiger partial charge >= 0.3 is 0 Å². The van der Waals surface area contributed by atoms with Crippen LogP contribution in [0.1, 0.15) is 28.9 Å². The van der Waals surface area contributed by atoms with Crippen LogP contribution in [0.15, 0.2) is 41.1 Å². The van der Waals surface area contributed by atoms with E-state index in [1.165, 1.54) is 18.4 Å². The zero-order valence-corrected chi connectivity index (χ0v) is 12.1. The number of carbonyl (C=O) groups excluding carboxylic acids is 1. The number of hydrogen-bond donors (Lipinski definition) is 0. The molecule has 3 rings (SSSR count). The molecule has 1 aromatic carbocycles. The first-order chi connectivity index (χ1) is 10.7. The van der Waals surface area contributed by atoms with E-state index >= 15 is 0 Å². The van der Waals surface area contributed by atoms with E-state index in [4.69, 9.17) is 9.26 Å². The molecule has 116 valence electrons. The van der Waals surface area contributed by atoms with Gasteiger partial charge in [0, 0.05) is 19.2 Å². The number of hydrogen-bond acceptors (Lipinski definition) is 4. The van der Waals surface area contributed by atoms with E-state index in [-0.39, 0.29) is 17.8 Å². The van der Waals surface area contributed by atoms with E-state index in [1.807, 2.05) is 0 Å². The number of amides is 1. The van der Waals surface area contributed by atoms with Crippen molar-refractivity contribution < 1.29 is 18.4 Å². The summed E-state index contributed by atoms with van der Waals surface area (Å²) in [6.45, 7) is 1.74. The number of piperidine rings is 1. The number of carbonyl (C=O) groups is 1. The zero-order chi connectivity index (χ0) is 15.4. The van der Waals surface area contributed by atoms with Crippen molar-refractivity contribution in [3.63, 3.8) is 0 Å². The Morgan fingerprint density at radius 2 is 2.00 bits per heavy atom. The molecule has 2 aromatic rings. The van der Waals surface area contributed by atoms with Gasteiger partial charge in [0.25, 0.3) is 5.91 Å². The molecule has 0 unspecified atom stereocenters. The highest BCUT2D eigenvalue weighted by atomic mass is 19.1. The van der Waals surface area contributed by atoms with E-state index in [9.17, 15) is 9.18 Å². The van der Waals surface area contributed by atoms with Gasteiger partial charge in [-0.1, -0.05) is 17.3 Å². The smallest absolute Gasteiger partial charge is 0.276 e. The summed E-state index contributed by atoms with van der Waals surface area (Å²) in [6, 6.07) is 7.87. The molecule has 0 aliphatic carbocycles. The second-order valence-electron chi connectivity index (χ2n) is 5.31. The number of likely N-dealkylation sites (tertiary alicyclic amines) is 1. The number of rotatable bonds is 4. The molecule has 5 nitrogen and oxygen atoms in total. The van der Waals surface area contributed by atoms with Gasteiger partial charge in [0.1, 0.15) is 12.1 Å². The van der Waals surface area contributed by atoms with Gasteiger partial charge in [-0.2, -0.15) is 0 Å². The highest BCUT2D eigenvalue weighted by Gasteiger charge is 2.25. The Hall–Kier alpha value is -2.21. The second kappa shape index (κ2) is 6.70. The third kappa shape index (κ3) is 3.51. The molecule has 1 aliphatic heterocycles. The molecule has 1 aliphatic rings. The summed E-state index contributed by atoms with van der Waals surface area (Å²) >= 11 is 0. The monoisotopic (exact) mass is 304 g/mol. The number of nitrogens with zero attached hydrogens (tertiary/aromatic N) is 2. The maximum atomic E-state index is 12.8. The van der Waals surface area contributed by atoms with Crippen LogP contribution in [-0.4, -0.2) is 35.2 Å². The minimum Gasteiger partial charge on any atom is -0.373 e. The average Bonchev–Trinajstić information content (AvgIpc) is 3.09. The normalized spacial score (nSPS) is 16.0. The van der Waals surface area contributed by atoms with Gasteiger partial charge in [0.15, 0.2) is 5.69 Å². The molecule has 0 radical (unpaired) electrons. The molecule has 1 amide bonds. The molecular weight excluding hydrogens is 287 g/mol. The van der Waals surface area contributed by atoms with Crippen LogP contribution in [0.25, 0.3) is 0 Å². The third-order valence-corrected chi connectivity index (χ3v) is 3.79. The first-order valence-electron chi connectivity index (χ1n) is 7.28. The first-order valence-corrected chi connectivity index (χ1v) is 7.28. The van der Waals surface area contributed by atoms with Crippen molar-refractivity contribution in [1.29, 1.82) is 0 Å². The van der Waals surface area contributed by atoms with Crippen LogP contribution in [0, 0.1) is 5.82 Å². The molecule has 0 N–H and O–H groups in total. The van der Waals surface area contributed by atoms with Crippen LogP contribution in [-0.2, 0) is 11.3 Å². The molecule has 0 atom stereocenters. The van der Waals surface area contributed by atoms with Crippen LogP contribution in [0.2, 0.25) is 0 Å². The van der Waals surface area contributed by atoms with Crippen LogP contribution in [0.4, 0.5) is 4.39 Å². The number of aromatic nitrogens is 1. The minimum absolute atomic E-state index is 0.106. The third-order valence-electron chi connectivity index (χ3n) is 3.79. The quantitative estimate of drug-likeness (QED) is 0.871. The fourth-order valence-corrected chi connectivity index (χ4v) is 2.51. The fraction of sp³-hybridized carbons (Fsp3) is 0.375. The maximum absolute atomic E-state index is 12.8. The Morgan fingerprint density at radius 1 is 1.27 bits per heavy atom. The summed E-state index contributed by atoms with van der Waals surface area (Å²) in [4.78, 5) is 13.9. The van der Waals surface area contributed by atoms with Gasteiger partial charge < -0.3 is 14.2 Å². The summed E-state index contributed by atoms with van der Waals surface area (Å²) in [6.07, 6.45) is 3.08. The van der Waals surface area contributed by atoms with Gasteiger partial charge in [-0.05, 0) is 30.5 Å². The van der Waals surface area contributed by atoms with Crippen LogP contribution >= 0.6 is 0 Å². The molecule has 0 bridgehead atoms. The zero-order valence-electron chi connectivity index (χ0n) is 12.1. The Bertz CT molecular complexity index is 605. The number of ether oxygens (including phenoxy) is 1. The molecule has 2 heterocycles. The van der Waals surface area contributed by atoms with Crippen molar-refractivity contribution in [3.05, 3.63) is 53.7 Å². The van der Waals surface area contributed by atoms with Crippen LogP contribution in [0.3, 0.4) is 0 Å². The molecule has 0 saturated carbocycles. The van der Waals surface area contributed by atoms with E-state index in [1.54, 1.807) is 23.1 Å². The maximum Gasteiger partial charge on any atom is 0.276 e. The van der Waals surface area contributed by atoms with Crippen LogP contribution in [0.5, 0.6) is 0 Å². The topological polar surface area (TPSA) is 55.6 Å². The lowest BCUT2D eigenvalue weighted by Crippen LogP contribution is -2.41. The predicted molar refractivity (Wildman–Crippen MR) is 76.6 cm³/mol. The lowest BCUT2D eigenvalue weighted by molar-refractivity contribution is -0.000597. The van der Waals surface area contributed by atoms with Crippen molar-refractivity contribution in [3.8, 4) is 0 Å². The molecule has 22 heavy (non-hydrogen) atoms. The minimum atomic E-state index is -0.247. The van der Waals surface area contributed by atoms with E-state index < -0.39 is 0 Å². The van der Waals surface area contributed by atoms with Crippen LogP contribution < -0.4 is 0 Å². The molecule has 1 fully saturated rings. The van der Waals surface area contributed by atoms with Crippen molar-refractivity contribution in [2.45, 2.75) is 25.6 Å². The fourth-order valence-electron chi connectivity index (χ4n) is 2.51. The summed E-state index contributed by atoms with van der Waals surface area (Å²) < 4.78 is 23.4. The SMILES string of the molecule is O=C(c1ccon1)N1CCC(OCc2ccc(F)cc2)CC1. The van der Waals surface area contributed by atoms with Gasteiger partial charge in [-0.3, -0.25) is 4.79 Å². The summed E-state index contributed by atoms with van der Waals surface area (Å²) in [5.41, 5.74) is 1.29. The molecule has 1 saturated heterocycles. The van der Waals surface area contributed by atoms with E-state index in [0.717, 1.165) is 18.4 Å². The largest absolute Gasteiger partial charge is 0.373 e. The first kappa shape index (κ1) is 14.7. The second-order valence-corrected chi connectivity index (χ2v) is 5.31. The van der Waals surface area contributed by atoms with Crippen molar-refractivity contribution in [2.75, 3.05) is 13.1 Å². The van der Waals surface area contributed by atoms with Crippen molar-refractivity contribution in [2.24, 2.45) is 0 Å². The van der Waals surface area contributed by atoms with Crippen molar-refractivity contribution >= 4 is 5.91 Å². The summed E-state index contributed by atoms with van der Waals surface area (Å²) in [7, 11) is 0. The van der Waals surface area contributed by atoms with Gasteiger partial charge in [-0.15, -0.1) is 0 Å². The predicted octanol–water partition coefficient (Wildman–Crippen LogP) is 2.64. The van der Waals surface area contributed by atoms with E-state index in [2.05, 4.69) is 5.16 Å². The van der Waals surface area contributed by atoms with Gasteiger partial charge in [-0.25, -0.2) is 4.39 Å². The highest BCUT2D eigenvalue weighted by molar-refractivity contribution is 5.92. The summed E-state index contributed by atoms with van der Waals surface area (Å²) in [5.74, 6) is -0.353. The van der Waals surface area contributed by atoms with Gasteiger partial charge in [0.05, 0.1) is 12.7 Å². The molecule has 0 spiro atoms. The molecule has 1 aromatic heterocycles. The lowest BCUT2D eigenvalue weighted by atomic mass is 10.1. The van der Waals surface area contributed by atoms with E-state index in [0.29, 0.717) is 25.4 Å². The Balaban J connectivity index is 1.45. The highest BCUT2D eigenvalue weighted by Crippen LogP contribution is 2.17. The summed E-state index contributed by atoms with van der Waals surface area (Å²) in [5, 5.41) is 3.67. The average molecular weight is 304 g/mol.